The van der Waals surface area contributed by atoms with Gasteiger partial charge in [0.2, 0.25) is 5.91 Å². The zero-order valence-corrected chi connectivity index (χ0v) is 14.1. The number of amides is 1. The van der Waals surface area contributed by atoms with Gasteiger partial charge in [0.25, 0.3) is 0 Å². The minimum atomic E-state index is 0.0327. The van der Waals surface area contributed by atoms with Crippen LogP contribution in [-0.2, 0) is 4.79 Å². The highest BCUT2D eigenvalue weighted by atomic mass is 32.2. The second-order valence-corrected chi connectivity index (χ2v) is 6.26. The zero-order valence-electron chi connectivity index (χ0n) is 13.2. The van der Waals surface area contributed by atoms with Gasteiger partial charge in [-0.25, -0.2) is 0 Å². The molecule has 0 aliphatic heterocycles. The van der Waals surface area contributed by atoms with Crippen molar-refractivity contribution in [2.24, 2.45) is 0 Å². The van der Waals surface area contributed by atoms with E-state index in [4.69, 9.17) is 0 Å². The predicted octanol–water partition coefficient (Wildman–Crippen LogP) is 2.97. The first kappa shape index (κ1) is 16.5. The van der Waals surface area contributed by atoms with Crippen LogP contribution in [0.2, 0.25) is 0 Å². The highest BCUT2D eigenvalue weighted by Gasteiger charge is 2.12. The fourth-order valence-corrected chi connectivity index (χ4v) is 3.01. The van der Waals surface area contributed by atoms with Crippen LogP contribution in [0.5, 0.6) is 0 Å². The maximum atomic E-state index is 11.9. The van der Waals surface area contributed by atoms with Crippen LogP contribution < -0.4 is 5.32 Å². The molecule has 0 spiro atoms. The maximum Gasteiger partial charge on any atom is 0.230 e. The third-order valence-corrected chi connectivity index (χ3v) is 4.30. The molecule has 6 heteroatoms. The molecule has 0 aliphatic carbocycles. The van der Waals surface area contributed by atoms with Gasteiger partial charge >= 0.3 is 0 Å². The van der Waals surface area contributed by atoms with Gasteiger partial charge in [-0.3, -0.25) is 9.36 Å². The molecule has 5 nitrogen and oxygen atoms in total. The second-order valence-electron chi connectivity index (χ2n) is 5.32. The van der Waals surface area contributed by atoms with Crippen LogP contribution in [0.1, 0.15) is 32.3 Å². The van der Waals surface area contributed by atoms with Crippen molar-refractivity contribution in [3.8, 4) is 5.69 Å². The lowest BCUT2D eigenvalue weighted by Crippen LogP contribution is -2.33. The Labute approximate surface area is 135 Å². The van der Waals surface area contributed by atoms with Gasteiger partial charge in [-0.15, -0.1) is 10.2 Å². The van der Waals surface area contributed by atoms with E-state index < -0.39 is 0 Å². The highest BCUT2D eigenvalue weighted by Crippen LogP contribution is 2.21. The Morgan fingerprint density at radius 2 is 2.18 bits per heavy atom. The minimum Gasteiger partial charge on any atom is -0.353 e. The predicted molar refractivity (Wildman–Crippen MR) is 89.3 cm³/mol. The summed E-state index contributed by atoms with van der Waals surface area (Å²) in [6.07, 6.45) is 3.74. The van der Waals surface area contributed by atoms with Crippen molar-refractivity contribution in [1.29, 1.82) is 0 Å². The fraction of sp³-hybridized carbons (Fsp3) is 0.438. The summed E-state index contributed by atoms with van der Waals surface area (Å²) in [5.41, 5.74) is 2.18. The molecule has 1 N–H and O–H groups in total. The number of carbonyl (C=O) groups is 1. The summed E-state index contributed by atoms with van der Waals surface area (Å²) in [6.45, 7) is 6.19. The molecule has 118 valence electrons. The van der Waals surface area contributed by atoms with Gasteiger partial charge in [-0.05, 0) is 31.9 Å². The van der Waals surface area contributed by atoms with E-state index in [-0.39, 0.29) is 11.9 Å². The SMILES string of the molecule is CCCC(C)NC(=O)CSc1nncn1-c1ccccc1C. The third-order valence-electron chi connectivity index (χ3n) is 3.35. The summed E-state index contributed by atoms with van der Waals surface area (Å²) in [7, 11) is 0. The van der Waals surface area contributed by atoms with Crippen LogP contribution in [-0.4, -0.2) is 32.5 Å². The smallest absolute Gasteiger partial charge is 0.230 e. The highest BCUT2D eigenvalue weighted by molar-refractivity contribution is 7.99. The molecule has 0 bridgehead atoms. The third kappa shape index (κ3) is 4.34. The summed E-state index contributed by atoms with van der Waals surface area (Å²) < 4.78 is 1.92. The molecule has 1 heterocycles. The largest absolute Gasteiger partial charge is 0.353 e. The van der Waals surface area contributed by atoms with Gasteiger partial charge in [0.1, 0.15) is 6.33 Å². The molecule has 0 aliphatic rings. The van der Waals surface area contributed by atoms with Gasteiger partial charge in [-0.2, -0.15) is 0 Å². The van der Waals surface area contributed by atoms with E-state index in [0.29, 0.717) is 5.75 Å². The Morgan fingerprint density at radius 3 is 2.91 bits per heavy atom. The lowest BCUT2D eigenvalue weighted by Gasteiger charge is -2.12. The number of hydrogen-bond acceptors (Lipinski definition) is 4. The molecule has 1 atom stereocenters. The van der Waals surface area contributed by atoms with Gasteiger partial charge < -0.3 is 5.32 Å². The molecule has 1 aromatic carbocycles. The molecule has 2 aromatic rings. The van der Waals surface area contributed by atoms with E-state index in [1.165, 1.54) is 11.8 Å². The molecule has 0 fully saturated rings. The Balaban J connectivity index is 1.99. The van der Waals surface area contributed by atoms with Crippen molar-refractivity contribution in [2.75, 3.05) is 5.75 Å². The normalized spacial score (nSPS) is 12.1. The van der Waals surface area contributed by atoms with E-state index in [2.05, 4.69) is 22.4 Å². The maximum absolute atomic E-state index is 11.9. The van der Waals surface area contributed by atoms with Crippen LogP contribution >= 0.6 is 11.8 Å². The molecule has 0 saturated heterocycles. The lowest BCUT2D eigenvalue weighted by molar-refractivity contribution is -0.119. The molecule has 0 saturated carbocycles. The van der Waals surface area contributed by atoms with Crippen molar-refractivity contribution in [2.45, 2.75) is 44.8 Å². The Hall–Kier alpha value is -1.82. The average Bonchev–Trinajstić information content (AvgIpc) is 2.94. The molecule has 1 unspecified atom stereocenters. The number of rotatable bonds is 7. The Morgan fingerprint density at radius 1 is 1.41 bits per heavy atom. The molecule has 1 amide bonds. The molecular weight excluding hydrogens is 296 g/mol. The summed E-state index contributed by atoms with van der Waals surface area (Å²) in [6, 6.07) is 8.26. The van der Waals surface area contributed by atoms with Crippen molar-refractivity contribution >= 4 is 17.7 Å². The van der Waals surface area contributed by atoms with E-state index >= 15 is 0 Å². The molecule has 1 aromatic heterocycles. The number of thioether (sulfide) groups is 1. The van der Waals surface area contributed by atoms with E-state index in [9.17, 15) is 4.79 Å². The quantitative estimate of drug-likeness (QED) is 0.797. The number of carbonyl (C=O) groups excluding carboxylic acids is 1. The van der Waals surface area contributed by atoms with Crippen molar-refractivity contribution in [3.63, 3.8) is 0 Å². The topological polar surface area (TPSA) is 59.8 Å². The van der Waals surface area contributed by atoms with Gasteiger partial charge in [0.15, 0.2) is 5.16 Å². The first-order chi connectivity index (χ1) is 10.6. The zero-order chi connectivity index (χ0) is 15.9. The summed E-state index contributed by atoms with van der Waals surface area (Å²) in [4.78, 5) is 11.9. The number of benzene rings is 1. The van der Waals surface area contributed by atoms with E-state index in [1.807, 2.05) is 42.7 Å². The van der Waals surface area contributed by atoms with Crippen LogP contribution in [0.15, 0.2) is 35.7 Å². The number of nitrogens with one attached hydrogen (secondary N) is 1. The molecule has 2 rings (SSSR count). The van der Waals surface area contributed by atoms with Crippen molar-refractivity contribution in [3.05, 3.63) is 36.2 Å². The molecular formula is C16H22N4OS. The van der Waals surface area contributed by atoms with Crippen LogP contribution in [0.3, 0.4) is 0 Å². The van der Waals surface area contributed by atoms with Crippen LogP contribution in [0.4, 0.5) is 0 Å². The number of hydrogen-bond donors (Lipinski definition) is 1. The van der Waals surface area contributed by atoms with Crippen molar-refractivity contribution in [1.82, 2.24) is 20.1 Å². The average molecular weight is 318 g/mol. The van der Waals surface area contributed by atoms with Crippen LogP contribution in [0.25, 0.3) is 5.69 Å². The summed E-state index contributed by atoms with van der Waals surface area (Å²) in [5, 5.41) is 11.8. The monoisotopic (exact) mass is 318 g/mol. The van der Waals surface area contributed by atoms with E-state index in [1.54, 1.807) is 6.33 Å². The first-order valence-corrected chi connectivity index (χ1v) is 8.48. The molecule has 0 radical (unpaired) electrons. The Bertz CT molecular complexity index is 626. The van der Waals surface area contributed by atoms with Gasteiger partial charge in [0, 0.05) is 6.04 Å². The van der Waals surface area contributed by atoms with E-state index in [0.717, 1.165) is 29.2 Å². The minimum absolute atomic E-state index is 0.0327. The van der Waals surface area contributed by atoms with Gasteiger partial charge in [0.05, 0.1) is 11.4 Å². The second kappa shape index (κ2) is 7.98. The number of aryl methyl sites for hydroxylation is 1. The van der Waals surface area contributed by atoms with Crippen LogP contribution in [0, 0.1) is 6.92 Å². The summed E-state index contributed by atoms with van der Waals surface area (Å²) in [5.74, 6) is 0.379. The first-order valence-electron chi connectivity index (χ1n) is 7.50. The lowest BCUT2D eigenvalue weighted by atomic mass is 10.2. The Kier molecular flexibility index (Phi) is 6.00. The van der Waals surface area contributed by atoms with Crippen molar-refractivity contribution < 1.29 is 4.79 Å². The standard InChI is InChI=1S/C16H22N4OS/c1-4-7-13(3)18-15(21)10-22-16-19-17-11-20(16)14-9-6-5-8-12(14)2/h5-6,8-9,11,13H,4,7,10H2,1-3H3,(H,18,21). The summed E-state index contributed by atoms with van der Waals surface area (Å²) >= 11 is 1.40. The number of para-hydroxylation sites is 1. The van der Waals surface area contributed by atoms with Gasteiger partial charge in [-0.1, -0.05) is 43.3 Å². The number of aromatic nitrogens is 3. The fourth-order valence-electron chi connectivity index (χ4n) is 2.27. The molecule has 22 heavy (non-hydrogen) atoms. The number of nitrogens with zero attached hydrogens (tertiary/aromatic N) is 3.